The first-order chi connectivity index (χ1) is 8.92. The van der Waals surface area contributed by atoms with Crippen LogP contribution in [0.4, 0.5) is 0 Å². The number of aromatic nitrogens is 3. The van der Waals surface area contributed by atoms with Gasteiger partial charge in [-0.2, -0.15) is 4.98 Å². The van der Waals surface area contributed by atoms with E-state index in [2.05, 4.69) is 21.2 Å². The predicted molar refractivity (Wildman–Crippen MR) is 64.1 cm³/mol. The van der Waals surface area contributed by atoms with E-state index in [1.54, 1.807) is 6.20 Å². The molecule has 0 amide bonds. The molecule has 0 bridgehead atoms. The Kier molecular flexibility index (Phi) is 3.32. The molecule has 0 spiro atoms. The minimum absolute atomic E-state index is 0.306. The summed E-state index contributed by atoms with van der Waals surface area (Å²) in [5.74, 6) is 1.79. The van der Waals surface area contributed by atoms with Crippen LogP contribution in [0, 0.1) is 0 Å². The molecule has 0 radical (unpaired) electrons. The van der Waals surface area contributed by atoms with E-state index in [-0.39, 0.29) is 0 Å². The Morgan fingerprint density at radius 1 is 1.33 bits per heavy atom. The van der Waals surface area contributed by atoms with Gasteiger partial charge in [-0.05, 0) is 24.5 Å². The number of ether oxygens (including phenoxy) is 1. The maximum absolute atomic E-state index is 5.32. The number of hydrogen-bond donors (Lipinski definition) is 0. The molecule has 1 aliphatic heterocycles. The second kappa shape index (κ2) is 5.27. The normalized spacial score (nSPS) is 19.2. The molecule has 94 valence electrons. The zero-order chi connectivity index (χ0) is 12.2. The Morgan fingerprint density at radius 3 is 3.11 bits per heavy atom. The molecule has 0 saturated carbocycles. The van der Waals surface area contributed by atoms with E-state index in [0.29, 0.717) is 18.4 Å². The van der Waals surface area contributed by atoms with Gasteiger partial charge in [0.25, 0.3) is 0 Å². The van der Waals surface area contributed by atoms with E-state index in [0.717, 1.165) is 31.7 Å². The standard InChI is InChI=1S/C13H15N3O2/c1-2-10(8-14-6-1)3-4-12-15-13(16-18-12)11-5-7-17-9-11/h1-2,6,8,11H,3-5,7,9H2/t11-/m1/s1. The maximum Gasteiger partial charge on any atom is 0.226 e. The lowest BCUT2D eigenvalue weighted by atomic mass is 10.1. The SMILES string of the molecule is c1cncc(CCc2nc([C@@H]3CCOC3)no2)c1. The van der Waals surface area contributed by atoms with Crippen LogP contribution in [0.3, 0.4) is 0 Å². The topological polar surface area (TPSA) is 61.0 Å². The second-order valence-electron chi connectivity index (χ2n) is 4.47. The molecule has 1 fully saturated rings. The summed E-state index contributed by atoms with van der Waals surface area (Å²) in [6.07, 6.45) is 6.25. The zero-order valence-electron chi connectivity index (χ0n) is 10.1. The smallest absolute Gasteiger partial charge is 0.226 e. The van der Waals surface area contributed by atoms with Gasteiger partial charge in [0, 0.05) is 31.3 Å². The minimum atomic E-state index is 0.306. The first-order valence-corrected chi connectivity index (χ1v) is 6.21. The Hall–Kier alpha value is -1.75. The van der Waals surface area contributed by atoms with Crippen LogP contribution < -0.4 is 0 Å². The molecule has 0 unspecified atom stereocenters. The molecule has 2 aromatic rings. The lowest BCUT2D eigenvalue weighted by molar-refractivity contribution is 0.192. The fourth-order valence-electron chi connectivity index (χ4n) is 2.07. The van der Waals surface area contributed by atoms with Crippen LogP contribution in [0.2, 0.25) is 0 Å². The number of rotatable bonds is 4. The van der Waals surface area contributed by atoms with Crippen molar-refractivity contribution in [2.24, 2.45) is 0 Å². The number of pyridine rings is 1. The first-order valence-electron chi connectivity index (χ1n) is 6.21. The third-order valence-electron chi connectivity index (χ3n) is 3.13. The highest BCUT2D eigenvalue weighted by Gasteiger charge is 2.22. The van der Waals surface area contributed by atoms with Gasteiger partial charge in [0.05, 0.1) is 6.61 Å². The van der Waals surface area contributed by atoms with E-state index in [9.17, 15) is 0 Å². The van der Waals surface area contributed by atoms with Gasteiger partial charge in [0.15, 0.2) is 5.82 Å². The van der Waals surface area contributed by atoms with Crippen LogP contribution in [0.1, 0.15) is 29.6 Å². The van der Waals surface area contributed by atoms with Crippen molar-refractivity contribution < 1.29 is 9.26 Å². The van der Waals surface area contributed by atoms with Crippen molar-refractivity contribution in [1.29, 1.82) is 0 Å². The highest BCUT2D eigenvalue weighted by molar-refractivity contribution is 5.09. The molecular formula is C13H15N3O2. The summed E-state index contributed by atoms with van der Waals surface area (Å²) in [4.78, 5) is 8.51. The highest BCUT2D eigenvalue weighted by Crippen LogP contribution is 2.22. The van der Waals surface area contributed by atoms with Crippen LogP contribution in [0.15, 0.2) is 29.0 Å². The molecule has 5 nitrogen and oxygen atoms in total. The molecule has 0 N–H and O–H groups in total. The van der Waals surface area contributed by atoms with Crippen molar-refractivity contribution >= 4 is 0 Å². The largest absolute Gasteiger partial charge is 0.381 e. The van der Waals surface area contributed by atoms with Gasteiger partial charge in [0.1, 0.15) is 0 Å². The van der Waals surface area contributed by atoms with Gasteiger partial charge in [0.2, 0.25) is 5.89 Å². The molecule has 0 aromatic carbocycles. The molecule has 1 saturated heterocycles. The van der Waals surface area contributed by atoms with Gasteiger partial charge in [-0.25, -0.2) is 0 Å². The third-order valence-corrected chi connectivity index (χ3v) is 3.13. The molecule has 1 aliphatic rings. The molecule has 1 atom stereocenters. The average molecular weight is 245 g/mol. The van der Waals surface area contributed by atoms with Gasteiger partial charge in [-0.3, -0.25) is 4.98 Å². The van der Waals surface area contributed by atoms with Crippen molar-refractivity contribution in [2.45, 2.75) is 25.2 Å². The lowest BCUT2D eigenvalue weighted by Gasteiger charge is -1.98. The van der Waals surface area contributed by atoms with E-state index >= 15 is 0 Å². The molecule has 5 heteroatoms. The van der Waals surface area contributed by atoms with Crippen LogP contribution in [-0.2, 0) is 17.6 Å². The Morgan fingerprint density at radius 2 is 2.33 bits per heavy atom. The van der Waals surface area contributed by atoms with Crippen molar-refractivity contribution in [3.63, 3.8) is 0 Å². The molecule has 18 heavy (non-hydrogen) atoms. The summed E-state index contributed by atoms with van der Waals surface area (Å²) in [6, 6.07) is 3.99. The van der Waals surface area contributed by atoms with Crippen LogP contribution in [0.5, 0.6) is 0 Å². The van der Waals surface area contributed by atoms with Crippen molar-refractivity contribution in [2.75, 3.05) is 13.2 Å². The molecule has 3 rings (SSSR count). The van der Waals surface area contributed by atoms with Crippen LogP contribution >= 0.6 is 0 Å². The third kappa shape index (κ3) is 2.56. The summed E-state index contributed by atoms with van der Waals surface area (Å²) in [6.45, 7) is 1.51. The Labute approximate surface area is 105 Å². The van der Waals surface area contributed by atoms with Crippen molar-refractivity contribution in [3.05, 3.63) is 41.8 Å². The molecule has 0 aliphatic carbocycles. The van der Waals surface area contributed by atoms with E-state index < -0.39 is 0 Å². The number of hydrogen-bond acceptors (Lipinski definition) is 5. The van der Waals surface area contributed by atoms with Crippen LogP contribution in [0.25, 0.3) is 0 Å². The van der Waals surface area contributed by atoms with Gasteiger partial charge in [-0.15, -0.1) is 0 Å². The first kappa shape index (κ1) is 11.3. The van der Waals surface area contributed by atoms with Gasteiger partial charge in [-0.1, -0.05) is 11.2 Å². The van der Waals surface area contributed by atoms with Crippen molar-refractivity contribution in [1.82, 2.24) is 15.1 Å². The molecular weight excluding hydrogens is 230 g/mol. The zero-order valence-corrected chi connectivity index (χ0v) is 10.1. The summed E-state index contributed by atoms with van der Waals surface area (Å²) in [5.41, 5.74) is 1.18. The van der Waals surface area contributed by atoms with E-state index in [1.165, 1.54) is 5.56 Å². The average Bonchev–Trinajstić information content (AvgIpc) is 3.08. The quantitative estimate of drug-likeness (QED) is 0.821. The number of aryl methyl sites for hydroxylation is 2. The molecule has 2 aromatic heterocycles. The maximum atomic E-state index is 5.32. The van der Waals surface area contributed by atoms with Gasteiger partial charge >= 0.3 is 0 Å². The Balaban J connectivity index is 1.60. The minimum Gasteiger partial charge on any atom is -0.381 e. The molecule has 3 heterocycles. The monoisotopic (exact) mass is 245 g/mol. The van der Waals surface area contributed by atoms with E-state index in [1.807, 2.05) is 12.3 Å². The fraction of sp³-hybridized carbons (Fsp3) is 0.462. The summed E-state index contributed by atoms with van der Waals surface area (Å²) >= 11 is 0. The second-order valence-corrected chi connectivity index (χ2v) is 4.47. The fourth-order valence-corrected chi connectivity index (χ4v) is 2.07. The summed E-state index contributed by atoms with van der Waals surface area (Å²) < 4.78 is 10.6. The van der Waals surface area contributed by atoms with Crippen LogP contribution in [-0.4, -0.2) is 28.3 Å². The number of nitrogens with zero attached hydrogens (tertiary/aromatic N) is 3. The lowest BCUT2D eigenvalue weighted by Crippen LogP contribution is -2.00. The predicted octanol–water partition coefficient (Wildman–Crippen LogP) is 1.75. The summed E-state index contributed by atoms with van der Waals surface area (Å²) in [7, 11) is 0. The highest BCUT2D eigenvalue weighted by atomic mass is 16.5. The summed E-state index contributed by atoms with van der Waals surface area (Å²) in [5, 5.41) is 4.03. The van der Waals surface area contributed by atoms with Gasteiger partial charge < -0.3 is 9.26 Å². The van der Waals surface area contributed by atoms with E-state index in [4.69, 9.17) is 9.26 Å². The van der Waals surface area contributed by atoms with Crippen molar-refractivity contribution in [3.8, 4) is 0 Å². The Bertz CT molecular complexity index is 492.